The fourth-order valence-electron chi connectivity index (χ4n) is 3.81. The Morgan fingerprint density at radius 1 is 0.944 bits per heavy atom. The normalized spacial score (nSPS) is 30.4. The highest BCUT2D eigenvalue weighted by Crippen LogP contribution is 2.38. The van der Waals surface area contributed by atoms with Crippen molar-refractivity contribution in [2.75, 3.05) is 0 Å². The average Bonchev–Trinajstić information content (AvgIpc) is 2.40. The zero-order valence-electron chi connectivity index (χ0n) is 12.1. The Hall–Kier alpha value is -0.530. The number of nitrogens with one attached hydrogen (secondary N) is 1. The van der Waals surface area contributed by atoms with Crippen molar-refractivity contribution in [2.24, 2.45) is 17.8 Å². The predicted octanol–water partition coefficient (Wildman–Crippen LogP) is 3.90. The summed E-state index contributed by atoms with van der Waals surface area (Å²) in [6, 6.07) is 0.469. The lowest BCUT2D eigenvalue weighted by atomic mass is 9.71. The molecule has 0 radical (unpaired) electrons. The van der Waals surface area contributed by atoms with E-state index in [1.165, 1.54) is 57.8 Å². The van der Waals surface area contributed by atoms with Crippen LogP contribution < -0.4 is 5.32 Å². The summed E-state index contributed by atoms with van der Waals surface area (Å²) in [5.41, 5.74) is 0. The van der Waals surface area contributed by atoms with Gasteiger partial charge < -0.3 is 5.32 Å². The summed E-state index contributed by atoms with van der Waals surface area (Å²) in [7, 11) is 0. The highest BCUT2D eigenvalue weighted by molar-refractivity contribution is 5.78. The molecular weight excluding hydrogens is 222 g/mol. The minimum atomic E-state index is 0.124. The third kappa shape index (κ3) is 3.49. The van der Waals surface area contributed by atoms with Crippen LogP contribution in [0.1, 0.15) is 71.6 Å². The molecule has 18 heavy (non-hydrogen) atoms. The van der Waals surface area contributed by atoms with Crippen molar-refractivity contribution < 1.29 is 4.79 Å². The number of hydrogen-bond acceptors (Lipinski definition) is 1. The number of carbonyl (C=O) groups is 1. The molecule has 2 aliphatic rings. The van der Waals surface area contributed by atoms with Gasteiger partial charge in [-0.15, -0.1) is 0 Å². The van der Waals surface area contributed by atoms with Crippen molar-refractivity contribution in [1.29, 1.82) is 0 Å². The minimum absolute atomic E-state index is 0.124. The highest BCUT2D eigenvalue weighted by atomic mass is 16.1. The Labute approximate surface area is 112 Å². The van der Waals surface area contributed by atoms with Gasteiger partial charge in [0.1, 0.15) is 0 Å². The zero-order valence-corrected chi connectivity index (χ0v) is 12.1. The Bertz CT molecular complexity index is 268. The first-order valence-corrected chi connectivity index (χ1v) is 7.99. The highest BCUT2D eigenvalue weighted by Gasteiger charge is 2.33. The summed E-state index contributed by atoms with van der Waals surface area (Å²) in [6.07, 6.45) is 12.3. The van der Waals surface area contributed by atoms with Crippen LogP contribution in [0.5, 0.6) is 0 Å². The molecule has 0 aromatic heterocycles. The Morgan fingerprint density at radius 3 is 2.22 bits per heavy atom. The second-order valence-electron chi connectivity index (χ2n) is 6.62. The third-order valence-corrected chi connectivity index (χ3v) is 4.93. The van der Waals surface area contributed by atoms with E-state index in [2.05, 4.69) is 5.32 Å². The number of hydrogen-bond donors (Lipinski definition) is 1. The van der Waals surface area contributed by atoms with Crippen LogP contribution in [-0.2, 0) is 4.79 Å². The predicted molar refractivity (Wildman–Crippen MR) is 75.3 cm³/mol. The van der Waals surface area contributed by atoms with Gasteiger partial charge in [-0.25, -0.2) is 0 Å². The summed E-state index contributed by atoms with van der Waals surface area (Å²) in [4.78, 5) is 11.9. The van der Waals surface area contributed by atoms with Crippen molar-refractivity contribution >= 4 is 5.91 Å². The Kier molecular flexibility index (Phi) is 5.08. The summed E-state index contributed by atoms with van der Waals surface area (Å²) < 4.78 is 0. The third-order valence-electron chi connectivity index (χ3n) is 4.93. The maximum atomic E-state index is 11.9. The average molecular weight is 251 g/mol. The first-order chi connectivity index (χ1) is 8.68. The van der Waals surface area contributed by atoms with Gasteiger partial charge in [-0.1, -0.05) is 58.8 Å². The maximum absolute atomic E-state index is 11.9. The van der Waals surface area contributed by atoms with Gasteiger partial charge in [0.2, 0.25) is 5.91 Å². The lowest BCUT2D eigenvalue weighted by Gasteiger charge is -2.39. The molecule has 0 heterocycles. The first-order valence-electron chi connectivity index (χ1n) is 7.99. The van der Waals surface area contributed by atoms with Gasteiger partial charge in [0.05, 0.1) is 0 Å². The molecule has 1 N–H and O–H groups in total. The monoisotopic (exact) mass is 251 g/mol. The van der Waals surface area contributed by atoms with Crippen LogP contribution in [0.25, 0.3) is 0 Å². The largest absolute Gasteiger partial charge is 0.353 e. The van der Waals surface area contributed by atoms with E-state index < -0.39 is 0 Å². The molecular formula is C16H29NO. The van der Waals surface area contributed by atoms with Crippen LogP contribution >= 0.6 is 0 Å². The quantitative estimate of drug-likeness (QED) is 0.810. The zero-order chi connectivity index (χ0) is 13.0. The fraction of sp³-hybridized carbons (Fsp3) is 0.938. The summed E-state index contributed by atoms with van der Waals surface area (Å²) in [6.45, 7) is 3.99. The second-order valence-corrected chi connectivity index (χ2v) is 6.62. The molecule has 2 fully saturated rings. The van der Waals surface area contributed by atoms with Crippen molar-refractivity contribution in [3.8, 4) is 0 Å². The van der Waals surface area contributed by atoms with E-state index in [9.17, 15) is 4.79 Å². The topological polar surface area (TPSA) is 29.1 Å². The summed E-state index contributed by atoms with van der Waals surface area (Å²) in [5, 5.41) is 3.33. The van der Waals surface area contributed by atoms with Crippen LogP contribution in [0.3, 0.4) is 0 Å². The Morgan fingerprint density at radius 2 is 1.56 bits per heavy atom. The standard InChI is InChI=1S/C16H29NO/c1-12(2)16(18)17-15-11-7-6-10-14(15)13-8-4-3-5-9-13/h12-15H,3-11H2,1-2H3,(H,17,18). The maximum Gasteiger partial charge on any atom is 0.222 e. The van der Waals surface area contributed by atoms with E-state index in [1.54, 1.807) is 0 Å². The van der Waals surface area contributed by atoms with Crippen LogP contribution in [0.2, 0.25) is 0 Å². The van der Waals surface area contributed by atoms with E-state index in [-0.39, 0.29) is 11.8 Å². The SMILES string of the molecule is CC(C)C(=O)NC1CCCCC1C1CCCCC1. The van der Waals surface area contributed by atoms with Crippen LogP contribution in [-0.4, -0.2) is 11.9 Å². The molecule has 104 valence electrons. The summed E-state index contributed by atoms with van der Waals surface area (Å²) >= 11 is 0. The van der Waals surface area contributed by atoms with E-state index in [0.29, 0.717) is 6.04 Å². The molecule has 0 saturated heterocycles. The van der Waals surface area contributed by atoms with Crippen LogP contribution in [0.4, 0.5) is 0 Å². The van der Waals surface area contributed by atoms with Gasteiger partial charge in [0, 0.05) is 12.0 Å². The first kappa shape index (κ1) is 13.9. The molecule has 2 heteroatoms. The minimum Gasteiger partial charge on any atom is -0.353 e. The molecule has 2 atom stereocenters. The van der Waals surface area contributed by atoms with Crippen LogP contribution in [0.15, 0.2) is 0 Å². The lowest BCUT2D eigenvalue weighted by Crippen LogP contribution is -2.46. The van der Waals surface area contributed by atoms with Gasteiger partial charge in [-0.2, -0.15) is 0 Å². The summed E-state index contributed by atoms with van der Waals surface area (Å²) in [5.74, 6) is 2.03. The molecule has 0 bridgehead atoms. The number of carbonyl (C=O) groups excluding carboxylic acids is 1. The van der Waals surface area contributed by atoms with Gasteiger partial charge >= 0.3 is 0 Å². The molecule has 2 saturated carbocycles. The van der Waals surface area contributed by atoms with Crippen molar-refractivity contribution in [2.45, 2.75) is 77.7 Å². The molecule has 2 nitrogen and oxygen atoms in total. The van der Waals surface area contributed by atoms with Crippen molar-refractivity contribution in [3.63, 3.8) is 0 Å². The molecule has 1 amide bonds. The van der Waals surface area contributed by atoms with Crippen molar-refractivity contribution in [3.05, 3.63) is 0 Å². The fourth-order valence-corrected chi connectivity index (χ4v) is 3.81. The molecule has 0 aromatic carbocycles. The van der Waals surface area contributed by atoms with E-state index in [0.717, 1.165) is 11.8 Å². The van der Waals surface area contributed by atoms with Gasteiger partial charge in [-0.3, -0.25) is 4.79 Å². The van der Waals surface area contributed by atoms with Crippen molar-refractivity contribution in [1.82, 2.24) is 5.32 Å². The molecule has 0 spiro atoms. The molecule has 0 aromatic rings. The number of rotatable bonds is 3. The number of amides is 1. The molecule has 2 rings (SSSR count). The smallest absolute Gasteiger partial charge is 0.222 e. The van der Waals surface area contributed by atoms with E-state index in [4.69, 9.17) is 0 Å². The molecule has 0 aliphatic heterocycles. The lowest BCUT2D eigenvalue weighted by molar-refractivity contribution is -0.125. The van der Waals surface area contributed by atoms with E-state index in [1.807, 2.05) is 13.8 Å². The van der Waals surface area contributed by atoms with E-state index >= 15 is 0 Å². The van der Waals surface area contributed by atoms with Gasteiger partial charge in [-0.05, 0) is 24.7 Å². The molecule has 2 aliphatic carbocycles. The van der Waals surface area contributed by atoms with Gasteiger partial charge in [0.15, 0.2) is 0 Å². The van der Waals surface area contributed by atoms with Gasteiger partial charge in [0.25, 0.3) is 0 Å². The molecule has 2 unspecified atom stereocenters. The van der Waals surface area contributed by atoms with Crippen LogP contribution in [0, 0.1) is 17.8 Å². The Balaban J connectivity index is 1.94. The second kappa shape index (κ2) is 6.58.